The number of likely N-dealkylation sites (N-methyl/N-ethyl adjacent to an activating group) is 1. The van der Waals surface area contributed by atoms with E-state index >= 15 is 0 Å². The van der Waals surface area contributed by atoms with Gasteiger partial charge in [0.15, 0.2) is 0 Å². The number of nitrogens with zero attached hydrogens (tertiary/aromatic N) is 1. The lowest BCUT2D eigenvalue weighted by Crippen LogP contribution is -2.53. The number of rotatable bonds is 3. The van der Waals surface area contributed by atoms with Gasteiger partial charge in [-0.15, -0.1) is 0 Å². The van der Waals surface area contributed by atoms with E-state index in [2.05, 4.69) is 73.6 Å². The average molecular weight is 306 g/mol. The number of anilines is 1. The van der Waals surface area contributed by atoms with Crippen molar-refractivity contribution in [2.45, 2.75) is 38.1 Å². The molecule has 1 N–H and O–H groups in total. The van der Waals surface area contributed by atoms with Crippen LogP contribution in [-0.4, -0.2) is 26.2 Å². The average Bonchev–Trinajstić information content (AvgIpc) is 2.53. The first kappa shape index (κ1) is 14.8. The predicted octanol–water partition coefficient (Wildman–Crippen LogP) is 3.71. The van der Waals surface area contributed by atoms with Gasteiger partial charge in [0, 0.05) is 36.7 Å². The molecular weight excluding hydrogens is 280 g/mol. The summed E-state index contributed by atoms with van der Waals surface area (Å²) < 4.78 is 0. The molecule has 0 spiro atoms. The van der Waals surface area contributed by atoms with Crippen LogP contribution in [0.25, 0.3) is 0 Å². The number of benzene rings is 2. The van der Waals surface area contributed by atoms with Crippen LogP contribution in [0, 0.1) is 0 Å². The molecule has 0 saturated carbocycles. The van der Waals surface area contributed by atoms with Gasteiger partial charge in [-0.3, -0.25) is 0 Å². The lowest BCUT2D eigenvalue weighted by atomic mass is 9.68. The molecule has 0 amide bonds. The first-order chi connectivity index (χ1) is 11.1. The van der Waals surface area contributed by atoms with Gasteiger partial charge in [-0.25, -0.2) is 0 Å². The Bertz CT molecular complexity index is 732. The Balaban J connectivity index is 1.80. The molecule has 0 bridgehead atoms. The van der Waals surface area contributed by atoms with Crippen LogP contribution in [0.5, 0.6) is 0 Å². The summed E-state index contributed by atoms with van der Waals surface area (Å²) in [6, 6.07) is 16.5. The summed E-state index contributed by atoms with van der Waals surface area (Å²) in [6.07, 6.45) is 2.36. The molecule has 1 aliphatic carbocycles. The van der Waals surface area contributed by atoms with Gasteiger partial charge < -0.3 is 10.2 Å². The van der Waals surface area contributed by atoms with Crippen LogP contribution in [-0.2, 0) is 11.8 Å². The van der Waals surface area contributed by atoms with Crippen LogP contribution in [0.1, 0.15) is 42.5 Å². The van der Waals surface area contributed by atoms with Crippen molar-refractivity contribution in [1.82, 2.24) is 5.32 Å². The monoisotopic (exact) mass is 306 g/mol. The minimum absolute atomic E-state index is 0.0869. The van der Waals surface area contributed by atoms with E-state index in [0.29, 0.717) is 6.04 Å². The SMILES string of the molecule is CNCC1CCN1c1cccc2c1Cc1ccccc1C2(C)C. The van der Waals surface area contributed by atoms with E-state index in [4.69, 9.17) is 0 Å². The summed E-state index contributed by atoms with van der Waals surface area (Å²) in [4.78, 5) is 2.60. The van der Waals surface area contributed by atoms with Crippen molar-refractivity contribution in [1.29, 1.82) is 0 Å². The minimum atomic E-state index is 0.0869. The molecule has 1 atom stereocenters. The molecule has 2 aliphatic rings. The molecule has 1 aliphatic heterocycles. The van der Waals surface area contributed by atoms with Crippen LogP contribution in [0.3, 0.4) is 0 Å². The van der Waals surface area contributed by atoms with Crippen molar-refractivity contribution in [3.05, 3.63) is 64.7 Å². The molecular formula is C21H26N2. The molecule has 1 saturated heterocycles. The lowest BCUT2D eigenvalue weighted by molar-refractivity contribution is 0.432. The van der Waals surface area contributed by atoms with E-state index in [1.54, 1.807) is 0 Å². The first-order valence-electron chi connectivity index (χ1n) is 8.75. The van der Waals surface area contributed by atoms with Gasteiger partial charge in [0.05, 0.1) is 0 Å². The maximum atomic E-state index is 3.34. The second-order valence-corrected chi connectivity index (χ2v) is 7.46. The number of nitrogens with one attached hydrogen (secondary N) is 1. The van der Waals surface area contributed by atoms with Crippen molar-refractivity contribution in [3.63, 3.8) is 0 Å². The third-order valence-electron chi connectivity index (χ3n) is 5.78. The lowest BCUT2D eigenvalue weighted by Gasteiger charge is -2.46. The first-order valence-corrected chi connectivity index (χ1v) is 8.75. The highest BCUT2D eigenvalue weighted by atomic mass is 15.2. The van der Waals surface area contributed by atoms with Gasteiger partial charge in [-0.1, -0.05) is 50.2 Å². The van der Waals surface area contributed by atoms with Crippen LogP contribution in [0.2, 0.25) is 0 Å². The van der Waals surface area contributed by atoms with E-state index in [1.807, 2.05) is 0 Å². The summed E-state index contributed by atoms with van der Waals surface area (Å²) in [5.74, 6) is 0. The highest BCUT2D eigenvalue weighted by molar-refractivity contribution is 5.66. The van der Waals surface area contributed by atoms with Crippen LogP contribution in [0.15, 0.2) is 42.5 Å². The van der Waals surface area contributed by atoms with E-state index in [1.165, 1.54) is 40.9 Å². The zero-order chi connectivity index (χ0) is 16.0. The third-order valence-corrected chi connectivity index (χ3v) is 5.78. The Morgan fingerprint density at radius 1 is 1.09 bits per heavy atom. The van der Waals surface area contributed by atoms with Crippen LogP contribution in [0.4, 0.5) is 5.69 Å². The van der Waals surface area contributed by atoms with E-state index in [9.17, 15) is 0 Å². The van der Waals surface area contributed by atoms with Crippen molar-refractivity contribution >= 4 is 5.69 Å². The smallest absolute Gasteiger partial charge is 0.0431 e. The van der Waals surface area contributed by atoms with Gasteiger partial charge in [0.2, 0.25) is 0 Å². The van der Waals surface area contributed by atoms with Crippen molar-refractivity contribution < 1.29 is 0 Å². The predicted molar refractivity (Wildman–Crippen MR) is 97.5 cm³/mol. The maximum Gasteiger partial charge on any atom is 0.0431 e. The third kappa shape index (κ3) is 2.20. The molecule has 0 radical (unpaired) electrons. The number of hydrogen-bond donors (Lipinski definition) is 1. The molecule has 2 aromatic carbocycles. The van der Waals surface area contributed by atoms with Gasteiger partial charge >= 0.3 is 0 Å². The van der Waals surface area contributed by atoms with Gasteiger partial charge in [0.25, 0.3) is 0 Å². The zero-order valence-electron chi connectivity index (χ0n) is 14.4. The molecule has 2 aromatic rings. The fraction of sp³-hybridized carbons (Fsp3) is 0.429. The normalized spacial score (nSPS) is 21.3. The van der Waals surface area contributed by atoms with Crippen LogP contribution >= 0.6 is 0 Å². The summed E-state index contributed by atoms with van der Waals surface area (Å²) in [5.41, 5.74) is 7.56. The maximum absolute atomic E-state index is 3.34. The summed E-state index contributed by atoms with van der Waals surface area (Å²) in [6.45, 7) is 7.00. The Kier molecular flexibility index (Phi) is 3.46. The van der Waals surface area contributed by atoms with Crippen molar-refractivity contribution in [2.75, 3.05) is 25.0 Å². The molecule has 2 heteroatoms. The Hall–Kier alpha value is -1.80. The van der Waals surface area contributed by atoms with Gasteiger partial charge in [-0.2, -0.15) is 0 Å². The van der Waals surface area contributed by atoms with Crippen molar-refractivity contribution in [3.8, 4) is 0 Å². The van der Waals surface area contributed by atoms with Crippen LogP contribution < -0.4 is 10.2 Å². The topological polar surface area (TPSA) is 15.3 Å². The highest BCUT2D eigenvalue weighted by Crippen LogP contribution is 2.45. The van der Waals surface area contributed by atoms with Crippen molar-refractivity contribution in [2.24, 2.45) is 0 Å². The molecule has 4 rings (SSSR count). The van der Waals surface area contributed by atoms with E-state index in [-0.39, 0.29) is 5.41 Å². The number of fused-ring (bicyclic) bond motifs is 2. The molecule has 2 nitrogen and oxygen atoms in total. The highest BCUT2D eigenvalue weighted by Gasteiger charge is 2.36. The fourth-order valence-corrected chi connectivity index (χ4v) is 4.44. The summed E-state index contributed by atoms with van der Waals surface area (Å²) >= 11 is 0. The molecule has 1 fully saturated rings. The minimum Gasteiger partial charge on any atom is -0.367 e. The van der Waals surface area contributed by atoms with Gasteiger partial charge in [-0.05, 0) is 41.8 Å². The fourth-order valence-electron chi connectivity index (χ4n) is 4.44. The quantitative estimate of drug-likeness (QED) is 0.930. The zero-order valence-corrected chi connectivity index (χ0v) is 14.4. The Morgan fingerprint density at radius 2 is 1.87 bits per heavy atom. The summed E-state index contributed by atoms with van der Waals surface area (Å²) in [5, 5.41) is 3.34. The standard InChI is InChI=1S/C21H26N2/c1-21(2)18-8-5-4-7-15(18)13-17-19(21)9-6-10-20(17)23-12-11-16(23)14-22-3/h4-10,16,22H,11-14H2,1-3H3. The Morgan fingerprint density at radius 3 is 2.61 bits per heavy atom. The largest absolute Gasteiger partial charge is 0.367 e. The number of hydrogen-bond acceptors (Lipinski definition) is 2. The summed E-state index contributed by atoms with van der Waals surface area (Å²) in [7, 11) is 2.05. The molecule has 0 aromatic heterocycles. The molecule has 120 valence electrons. The van der Waals surface area contributed by atoms with Gasteiger partial charge in [0.1, 0.15) is 0 Å². The molecule has 1 heterocycles. The molecule has 1 unspecified atom stereocenters. The second-order valence-electron chi connectivity index (χ2n) is 7.46. The molecule has 23 heavy (non-hydrogen) atoms. The second kappa shape index (κ2) is 5.38. The Labute approximate surface area is 139 Å². The van der Waals surface area contributed by atoms with E-state index in [0.717, 1.165) is 13.0 Å². The van der Waals surface area contributed by atoms with E-state index < -0.39 is 0 Å².